The summed E-state index contributed by atoms with van der Waals surface area (Å²) >= 11 is 0. The molecule has 1 aliphatic rings. The van der Waals surface area contributed by atoms with Crippen molar-refractivity contribution in [3.8, 4) is 0 Å². The summed E-state index contributed by atoms with van der Waals surface area (Å²) in [4.78, 5) is 11.4. The van der Waals surface area contributed by atoms with Crippen molar-refractivity contribution in [3.63, 3.8) is 0 Å². The maximum atomic E-state index is 13.4. The Morgan fingerprint density at radius 3 is 2.38 bits per heavy atom. The number of rotatable bonds is 6. The zero-order valence-corrected chi connectivity index (χ0v) is 14.5. The molecule has 0 aromatic heterocycles. The number of hydrogen-bond donors (Lipinski definition) is 2. The molecule has 2 N–H and O–H groups in total. The van der Waals surface area contributed by atoms with Crippen LogP contribution in [0.15, 0.2) is 48.2 Å². The highest BCUT2D eigenvalue weighted by Gasteiger charge is 2.61. The number of hydrogen-bond acceptors (Lipinski definition) is 3. The lowest BCUT2D eigenvalue weighted by molar-refractivity contribution is -0.254. The van der Waals surface area contributed by atoms with Gasteiger partial charge in [-0.25, -0.2) is 0 Å². The van der Waals surface area contributed by atoms with Gasteiger partial charge in [-0.1, -0.05) is 50.3 Å². The van der Waals surface area contributed by atoms with Crippen LogP contribution >= 0.6 is 0 Å². The zero-order valence-electron chi connectivity index (χ0n) is 14.5. The first kappa shape index (κ1) is 20.0. The summed E-state index contributed by atoms with van der Waals surface area (Å²) in [6.45, 7) is 4.04. The van der Waals surface area contributed by atoms with Crippen molar-refractivity contribution in [1.82, 2.24) is 0 Å². The number of halogens is 3. The Kier molecular flexibility index (Phi) is 5.81. The molecule has 0 saturated heterocycles. The maximum absolute atomic E-state index is 13.4. The van der Waals surface area contributed by atoms with Gasteiger partial charge < -0.3 is 14.9 Å². The van der Waals surface area contributed by atoms with Crippen LogP contribution in [0.3, 0.4) is 0 Å². The van der Waals surface area contributed by atoms with E-state index >= 15 is 0 Å². The molecule has 0 fully saturated rings. The van der Waals surface area contributed by atoms with Crippen LogP contribution < -0.4 is 0 Å². The van der Waals surface area contributed by atoms with E-state index in [4.69, 9.17) is 4.74 Å². The molecule has 0 aliphatic heterocycles. The lowest BCUT2D eigenvalue weighted by Gasteiger charge is -2.35. The Morgan fingerprint density at radius 2 is 1.88 bits per heavy atom. The lowest BCUT2D eigenvalue weighted by atomic mass is 9.78. The van der Waals surface area contributed by atoms with Crippen molar-refractivity contribution in [2.45, 2.75) is 32.0 Å². The van der Waals surface area contributed by atoms with Crippen LogP contribution in [-0.2, 0) is 9.53 Å². The zero-order chi connectivity index (χ0) is 19.5. The van der Waals surface area contributed by atoms with Crippen LogP contribution in [-0.4, -0.2) is 34.6 Å². The molecular weight excluding hydrogens is 349 g/mol. The van der Waals surface area contributed by atoms with Crippen molar-refractivity contribution >= 4 is 11.5 Å². The van der Waals surface area contributed by atoms with Gasteiger partial charge in [0.15, 0.2) is 5.60 Å². The number of aliphatic hydroxyl groups is 1. The summed E-state index contributed by atoms with van der Waals surface area (Å²) in [6, 6.07) is 8.38. The summed E-state index contributed by atoms with van der Waals surface area (Å²) in [5.41, 5.74) is -2.81. The van der Waals surface area contributed by atoms with Gasteiger partial charge in [0.1, 0.15) is 11.7 Å². The van der Waals surface area contributed by atoms with Crippen molar-refractivity contribution in [2.75, 3.05) is 6.61 Å². The molecule has 2 rings (SSSR count). The molecule has 142 valence electrons. The van der Waals surface area contributed by atoms with Gasteiger partial charge in [-0.05, 0) is 17.9 Å². The summed E-state index contributed by atoms with van der Waals surface area (Å²) in [6.07, 6.45) is -3.17. The molecule has 1 aromatic rings. The van der Waals surface area contributed by atoms with Crippen LogP contribution in [0, 0.1) is 11.8 Å². The molecule has 0 bridgehead atoms. The molecule has 0 amide bonds. The molecule has 0 spiro atoms. The Morgan fingerprint density at radius 1 is 1.27 bits per heavy atom. The van der Waals surface area contributed by atoms with Crippen LogP contribution in [0.25, 0.3) is 5.57 Å². The van der Waals surface area contributed by atoms with Crippen molar-refractivity contribution in [1.29, 1.82) is 0 Å². The van der Waals surface area contributed by atoms with E-state index in [1.54, 1.807) is 30.3 Å². The van der Waals surface area contributed by atoms with Crippen molar-refractivity contribution < 1.29 is 32.9 Å². The van der Waals surface area contributed by atoms with E-state index < -0.39 is 23.7 Å². The Balaban J connectivity index is 2.51. The third-order valence-electron chi connectivity index (χ3n) is 4.18. The van der Waals surface area contributed by atoms with Crippen molar-refractivity contribution in [2.24, 2.45) is 11.8 Å². The smallest absolute Gasteiger partial charge is 0.422 e. The fourth-order valence-corrected chi connectivity index (χ4v) is 2.64. The van der Waals surface area contributed by atoms with E-state index in [1.165, 1.54) is 0 Å². The average molecular weight is 370 g/mol. The number of carbonyl (C=O) groups is 1. The third kappa shape index (κ3) is 4.09. The van der Waals surface area contributed by atoms with Crippen LogP contribution in [0.5, 0.6) is 0 Å². The molecule has 7 heteroatoms. The predicted octanol–water partition coefficient (Wildman–Crippen LogP) is 4.02. The lowest BCUT2D eigenvalue weighted by Crippen LogP contribution is -2.53. The highest BCUT2D eigenvalue weighted by atomic mass is 19.4. The van der Waals surface area contributed by atoms with E-state index in [0.29, 0.717) is 18.1 Å². The number of carboxylic acid groups (broad SMARTS) is 1. The highest BCUT2D eigenvalue weighted by Crippen LogP contribution is 2.45. The second-order valence-electron chi connectivity index (χ2n) is 6.62. The fraction of sp³-hybridized carbons (Fsp3) is 0.421. The minimum atomic E-state index is -5.17. The van der Waals surface area contributed by atoms with Crippen LogP contribution in [0.2, 0.25) is 0 Å². The van der Waals surface area contributed by atoms with Gasteiger partial charge in [0.05, 0.1) is 6.61 Å². The minimum Gasteiger partial charge on any atom is -0.493 e. The number of alkyl halides is 3. The van der Waals surface area contributed by atoms with Gasteiger partial charge in [0, 0.05) is 11.6 Å². The second kappa shape index (κ2) is 7.53. The van der Waals surface area contributed by atoms with E-state index in [1.807, 2.05) is 13.8 Å². The average Bonchev–Trinajstić information content (AvgIpc) is 2.54. The van der Waals surface area contributed by atoms with Crippen LogP contribution in [0.4, 0.5) is 13.2 Å². The fourth-order valence-electron chi connectivity index (χ4n) is 2.64. The SMILES string of the molecule is CC(C)CCOC1=CC(O)(C(F)(F)F)C(C(=O)O)C=C1c1ccccc1. The summed E-state index contributed by atoms with van der Waals surface area (Å²) < 4.78 is 45.9. The first-order valence-corrected chi connectivity index (χ1v) is 8.21. The molecule has 0 heterocycles. The minimum absolute atomic E-state index is 0.152. The van der Waals surface area contributed by atoms with Gasteiger partial charge in [-0.15, -0.1) is 0 Å². The second-order valence-corrected chi connectivity index (χ2v) is 6.62. The topological polar surface area (TPSA) is 66.8 Å². The largest absolute Gasteiger partial charge is 0.493 e. The van der Waals surface area contributed by atoms with E-state index in [0.717, 1.165) is 6.08 Å². The van der Waals surface area contributed by atoms with Gasteiger partial charge >= 0.3 is 12.1 Å². The summed E-state index contributed by atoms with van der Waals surface area (Å²) in [5, 5.41) is 19.4. The molecule has 2 atom stereocenters. The third-order valence-corrected chi connectivity index (χ3v) is 4.18. The summed E-state index contributed by atoms with van der Waals surface area (Å²) in [7, 11) is 0. The molecular formula is C19H21F3O4. The Bertz CT molecular complexity index is 707. The van der Waals surface area contributed by atoms with Crippen molar-refractivity contribution in [3.05, 3.63) is 53.8 Å². The van der Waals surface area contributed by atoms with E-state index in [9.17, 15) is 28.2 Å². The monoisotopic (exact) mass is 370 g/mol. The summed E-state index contributed by atoms with van der Waals surface area (Å²) in [5.74, 6) is -3.84. The molecule has 0 saturated carbocycles. The normalized spacial score (nSPS) is 23.4. The first-order valence-electron chi connectivity index (χ1n) is 8.21. The number of allylic oxidation sites excluding steroid dienone is 1. The van der Waals surface area contributed by atoms with Gasteiger partial charge in [0.2, 0.25) is 0 Å². The van der Waals surface area contributed by atoms with Crippen LogP contribution in [0.1, 0.15) is 25.8 Å². The predicted molar refractivity (Wildman–Crippen MR) is 90.0 cm³/mol. The van der Waals surface area contributed by atoms with E-state index in [-0.39, 0.29) is 23.9 Å². The standard InChI is InChI=1S/C19H21F3O4/c1-12(2)8-9-26-16-11-18(25,19(20,21)22)15(17(23)24)10-14(16)13-6-4-3-5-7-13/h3-7,10-12,15,25H,8-9H2,1-2H3,(H,23,24). The Labute approximate surface area is 149 Å². The quantitative estimate of drug-likeness (QED) is 0.794. The molecule has 2 unspecified atom stereocenters. The molecule has 4 nitrogen and oxygen atoms in total. The van der Waals surface area contributed by atoms with Gasteiger partial charge in [-0.2, -0.15) is 13.2 Å². The molecule has 1 aliphatic carbocycles. The molecule has 0 radical (unpaired) electrons. The Hall–Kier alpha value is -2.28. The van der Waals surface area contributed by atoms with Gasteiger partial charge in [0.25, 0.3) is 0 Å². The molecule has 26 heavy (non-hydrogen) atoms. The molecule has 1 aromatic carbocycles. The number of ether oxygens (including phenoxy) is 1. The number of aliphatic carboxylic acids is 1. The highest BCUT2D eigenvalue weighted by molar-refractivity contribution is 5.86. The van der Waals surface area contributed by atoms with Gasteiger partial charge in [-0.3, -0.25) is 4.79 Å². The van der Waals surface area contributed by atoms with E-state index in [2.05, 4.69) is 0 Å². The maximum Gasteiger partial charge on any atom is 0.422 e. The first-order chi connectivity index (χ1) is 12.1. The number of carboxylic acids is 1. The number of benzene rings is 1.